The zero-order valence-corrected chi connectivity index (χ0v) is 12.7. The third-order valence-corrected chi connectivity index (χ3v) is 3.98. The summed E-state index contributed by atoms with van der Waals surface area (Å²) in [6.07, 6.45) is 0. The van der Waals surface area contributed by atoms with Gasteiger partial charge in [-0.2, -0.15) is 0 Å². The average Bonchev–Trinajstić information content (AvgIpc) is 2.58. The zero-order chi connectivity index (χ0) is 19.2. The van der Waals surface area contributed by atoms with Gasteiger partial charge in [-0.05, 0) is 10.4 Å². The van der Waals surface area contributed by atoms with Gasteiger partial charge in [0.15, 0.2) is 5.78 Å². The molecule has 0 radical (unpaired) electrons. The Bertz CT molecular complexity index is 959. The molecule has 2 aromatic rings. The van der Waals surface area contributed by atoms with E-state index >= 15 is 0 Å². The lowest BCUT2D eigenvalue weighted by atomic mass is 9.73. The van der Waals surface area contributed by atoms with Crippen LogP contribution >= 0.6 is 0 Å². The number of carbonyl (C=O) groups excluding carboxylic acids is 1. The van der Waals surface area contributed by atoms with Crippen LogP contribution < -0.4 is 0 Å². The number of hydrogen-bond acceptors (Lipinski definition) is 10. The summed E-state index contributed by atoms with van der Waals surface area (Å²) in [7, 11) is 0. The smallest absolute Gasteiger partial charge is 0.182 e. The fourth-order valence-electron chi connectivity index (χ4n) is 2.88. The Balaban J connectivity index is 2.21. The number of nitrogens with zero attached hydrogens (tertiary/aromatic N) is 2. The van der Waals surface area contributed by atoms with Crippen LogP contribution in [0.3, 0.4) is 0 Å². The maximum Gasteiger partial charge on any atom is 0.182 e. The molecule has 10 heteroatoms. The van der Waals surface area contributed by atoms with Crippen molar-refractivity contribution in [1.82, 2.24) is 0 Å². The van der Waals surface area contributed by atoms with Crippen LogP contribution in [0.2, 0.25) is 0 Å². The molecular weight excluding hydrogens is 348 g/mol. The molecule has 0 saturated heterocycles. The third-order valence-electron chi connectivity index (χ3n) is 3.98. The third kappa shape index (κ3) is 2.32. The van der Waals surface area contributed by atoms with Crippen LogP contribution in [0.15, 0.2) is 40.4 Å². The van der Waals surface area contributed by atoms with Crippen molar-refractivity contribution in [1.29, 1.82) is 0 Å². The number of aromatic hydroxyl groups is 4. The molecule has 0 heterocycles. The van der Waals surface area contributed by atoms with Gasteiger partial charge in [0, 0.05) is 29.8 Å². The second kappa shape index (κ2) is 5.84. The van der Waals surface area contributed by atoms with Crippen LogP contribution in [0.25, 0.3) is 5.57 Å². The van der Waals surface area contributed by atoms with E-state index in [4.69, 9.17) is 0 Å². The minimum atomic E-state index is -1.47. The molecule has 3 rings (SSSR count). The van der Waals surface area contributed by atoms with Crippen molar-refractivity contribution in [3.63, 3.8) is 0 Å². The molecule has 0 aromatic heterocycles. The second-order valence-electron chi connectivity index (χ2n) is 5.50. The number of carbonyl (C=O) groups is 1. The highest BCUT2D eigenvalue weighted by molar-refractivity contribution is 6.34. The van der Waals surface area contributed by atoms with Crippen molar-refractivity contribution in [3.05, 3.63) is 51.0 Å². The van der Waals surface area contributed by atoms with Crippen LogP contribution in [0.1, 0.15) is 17.0 Å². The fourth-order valence-corrected chi connectivity index (χ4v) is 2.88. The molecule has 1 unspecified atom stereocenters. The number of nitroso groups, excluding NO2 is 2. The molecule has 10 nitrogen and oxygen atoms in total. The molecule has 1 atom stereocenters. The molecule has 0 amide bonds. The lowest BCUT2D eigenvalue weighted by Gasteiger charge is -2.29. The topological polar surface area (TPSA) is 177 Å². The number of ketones is 1. The van der Waals surface area contributed by atoms with Crippen molar-refractivity contribution in [2.45, 2.75) is 5.92 Å². The van der Waals surface area contributed by atoms with Gasteiger partial charge in [0.2, 0.25) is 0 Å². The van der Waals surface area contributed by atoms with E-state index in [2.05, 4.69) is 10.4 Å². The van der Waals surface area contributed by atoms with Crippen molar-refractivity contribution in [3.8, 4) is 23.0 Å². The Kier molecular flexibility index (Phi) is 3.80. The molecule has 0 fully saturated rings. The van der Waals surface area contributed by atoms with Gasteiger partial charge in [-0.3, -0.25) is 4.79 Å². The first-order chi connectivity index (χ1) is 12.3. The van der Waals surface area contributed by atoms with Gasteiger partial charge in [-0.15, -0.1) is 9.81 Å². The van der Waals surface area contributed by atoms with Crippen molar-refractivity contribution >= 4 is 22.7 Å². The van der Waals surface area contributed by atoms with Gasteiger partial charge in [-0.1, -0.05) is 0 Å². The summed E-state index contributed by atoms with van der Waals surface area (Å²) in [5.41, 5.74) is -2.16. The van der Waals surface area contributed by atoms with Gasteiger partial charge < -0.3 is 25.5 Å². The highest BCUT2D eigenvalue weighted by Gasteiger charge is 2.46. The van der Waals surface area contributed by atoms with E-state index in [9.17, 15) is 40.1 Å². The number of aliphatic hydroxyl groups is 1. The largest absolute Gasteiger partial charge is 0.510 e. The number of phenolic OH excluding ortho intramolecular Hbond substituents is 4. The fraction of sp³-hybridized carbons (Fsp3) is 0.0625. The summed E-state index contributed by atoms with van der Waals surface area (Å²) in [6.45, 7) is 0. The molecule has 132 valence electrons. The minimum absolute atomic E-state index is 0.353. The number of benzene rings is 2. The standard InChI is InChI=1S/C16H10N2O8/c19-5-1-7(17-25)11(8(2-5)18-26)13-15(23)14(16(13)24)12-9(21)3-6(20)4-10(12)22/h1-4,14,19-23H. The number of aliphatic hydroxyl groups excluding tert-OH is 1. The normalized spacial score (nSPS) is 16.3. The van der Waals surface area contributed by atoms with E-state index in [1.807, 2.05) is 0 Å². The van der Waals surface area contributed by atoms with E-state index < -0.39 is 57.4 Å². The molecule has 0 bridgehead atoms. The number of hydrogen-bond donors (Lipinski definition) is 5. The molecule has 26 heavy (non-hydrogen) atoms. The van der Waals surface area contributed by atoms with Crippen LogP contribution in [0.4, 0.5) is 11.4 Å². The maximum absolute atomic E-state index is 12.5. The van der Waals surface area contributed by atoms with E-state index in [1.165, 1.54) is 0 Å². The first-order valence-corrected chi connectivity index (χ1v) is 7.06. The van der Waals surface area contributed by atoms with Gasteiger partial charge in [0.1, 0.15) is 46.0 Å². The second-order valence-corrected chi connectivity index (χ2v) is 5.50. The Morgan fingerprint density at radius 3 is 1.65 bits per heavy atom. The number of rotatable bonds is 4. The van der Waals surface area contributed by atoms with Crippen molar-refractivity contribution < 1.29 is 30.3 Å². The minimum Gasteiger partial charge on any atom is -0.510 e. The molecule has 1 aliphatic rings. The van der Waals surface area contributed by atoms with Gasteiger partial charge >= 0.3 is 0 Å². The van der Waals surface area contributed by atoms with Crippen molar-refractivity contribution in [2.75, 3.05) is 0 Å². The highest BCUT2D eigenvalue weighted by Crippen LogP contribution is 2.53. The van der Waals surface area contributed by atoms with Crippen LogP contribution in [0.5, 0.6) is 23.0 Å². The monoisotopic (exact) mass is 358 g/mol. The van der Waals surface area contributed by atoms with Crippen LogP contribution in [0, 0.1) is 9.81 Å². The van der Waals surface area contributed by atoms with E-state index in [1.54, 1.807) is 0 Å². The van der Waals surface area contributed by atoms with Gasteiger partial charge in [0.25, 0.3) is 0 Å². The molecular formula is C16H10N2O8. The number of phenols is 4. The molecule has 1 aliphatic carbocycles. The molecule has 5 N–H and O–H groups in total. The van der Waals surface area contributed by atoms with Gasteiger partial charge in [-0.25, -0.2) is 0 Å². The zero-order valence-electron chi connectivity index (χ0n) is 12.7. The first-order valence-electron chi connectivity index (χ1n) is 7.06. The highest BCUT2D eigenvalue weighted by atomic mass is 16.3. The quantitative estimate of drug-likeness (QED) is 0.518. The SMILES string of the molecule is O=Nc1cc(O)cc(N=O)c1C1=C(O)C(c2c(O)cc(O)cc2O)C1=O. The molecule has 0 spiro atoms. The summed E-state index contributed by atoms with van der Waals surface area (Å²) < 4.78 is 0. The predicted molar refractivity (Wildman–Crippen MR) is 87.8 cm³/mol. The van der Waals surface area contributed by atoms with E-state index in [0.29, 0.717) is 0 Å². The average molecular weight is 358 g/mol. The Morgan fingerprint density at radius 2 is 1.23 bits per heavy atom. The summed E-state index contributed by atoms with van der Waals surface area (Å²) in [5.74, 6) is -5.18. The number of allylic oxidation sites excluding steroid dienone is 2. The first kappa shape index (κ1) is 16.9. The van der Waals surface area contributed by atoms with Gasteiger partial charge in [0.05, 0.1) is 11.1 Å². The summed E-state index contributed by atoms with van der Waals surface area (Å²) >= 11 is 0. The van der Waals surface area contributed by atoms with Crippen LogP contribution in [-0.4, -0.2) is 31.3 Å². The molecule has 0 saturated carbocycles. The molecule has 0 aliphatic heterocycles. The Labute approximate surface area is 144 Å². The summed E-state index contributed by atoms with van der Waals surface area (Å²) in [5, 5.41) is 54.0. The lowest BCUT2D eigenvalue weighted by Crippen LogP contribution is -2.28. The Morgan fingerprint density at radius 1 is 0.769 bits per heavy atom. The number of Topliss-reactive ketones (excluding diaryl/α,β-unsaturated/α-hetero) is 1. The lowest BCUT2D eigenvalue weighted by molar-refractivity contribution is -0.116. The maximum atomic E-state index is 12.5. The summed E-state index contributed by atoms with van der Waals surface area (Å²) in [6, 6.07) is 3.50. The van der Waals surface area contributed by atoms with E-state index in [-0.39, 0.29) is 11.1 Å². The Hall–Kier alpha value is -3.95. The molecule has 2 aromatic carbocycles. The summed E-state index contributed by atoms with van der Waals surface area (Å²) in [4.78, 5) is 34.5. The van der Waals surface area contributed by atoms with Crippen molar-refractivity contribution in [2.24, 2.45) is 10.4 Å². The van der Waals surface area contributed by atoms with E-state index in [0.717, 1.165) is 24.3 Å². The predicted octanol–water partition coefficient (Wildman–Crippen LogP) is 2.94. The van der Waals surface area contributed by atoms with Crippen LogP contribution in [-0.2, 0) is 4.79 Å².